The van der Waals surface area contributed by atoms with Crippen molar-refractivity contribution in [2.45, 2.75) is 100 Å². The fourth-order valence-corrected chi connectivity index (χ4v) is 13.5. The molecule has 4 heterocycles. The van der Waals surface area contributed by atoms with Crippen LogP contribution < -0.4 is 30.7 Å². The van der Waals surface area contributed by atoms with Crippen LogP contribution in [0.25, 0.3) is 0 Å². The lowest BCUT2D eigenvalue weighted by atomic mass is 9.79. The third-order valence-electron chi connectivity index (χ3n) is 17.3. The van der Waals surface area contributed by atoms with E-state index in [0.29, 0.717) is 24.2 Å². The highest BCUT2D eigenvalue weighted by molar-refractivity contribution is 5.95. The zero-order valence-electron chi connectivity index (χ0n) is 43.6. The molecule has 4 aliphatic heterocycles. The van der Waals surface area contributed by atoms with Crippen LogP contribution in [-0.4, -0.2) is 72.8 Å². The number of nitrogens with one attached hydrogen (secondary N) is 4. The number of benzene rings is 6. The van der Waals surface area contributed by atoms with E-state index >= 15 is 0 Å². The molecule has 0 spiro atoms. The molecule has 2 saturated carbocycles. The van der Waals surface area contributed by atoms with Crippen LogP contribution in [-0.2, 0) is 9.59 Å². The van der Waals surface area contributed by atoms with E-state index in [1.54, 1.807) is 14.2 Å². The van der Waals surface area contributed by atoms with Crippen molar-refractivity contribution in [3.63, 3.8) is 0 Å². The van der Waals surface area contributed by atoms with Gasteiger partial charge in [0.15, 0.2) is 0 Å². The number of anilines is 2. The Morgan fingerprint density at radius 1 is 0.461 bits per heavy atom. The van der Waals surface area contributed by atoms with E-state index in [1.165, 1.54) is 11.1 Å². The molecule has 12 nitrogen and oxygen atoms in total. The monoisotopic (exact) mass is 1020 g/mol. The molecule has 0 radical (unpaired) electrons. The van der Waals surface area contributed by atoms with Crippen molar-refractivity contribution < 1.29 is 28.7 Å². The van der Waals surface area contributed by atoms with Gasteiger partial charge in [0.25, 0.3) is 11.8 Å². The molecule has 2 saturated heterocycles. The fraction of sp³-hybridized carbons (Fsp3) is 0.375. The Morgan fingerprint density at radius 2 is 0.829 bits per heavy atom. The molecule has 0 unspecified atom stereocenters. The van der Waals surface area contributed by atoms with Crippen molar-refractivity contribution in [3.05, 3.63) is 191 Å². The van der Waals surface area contributed by atoms with E-state index in [-0.39, 0.29) is 83.6 Å². The number of rotatable bonds is 10. The van der Waals surface area contributed by atoms with Gasteiger partial charge in [0, 0.05) is 70.6 Å². The third kappa shape index (κ3) is 10.3. The van der Waals surface area contributed by atoms with Gasteiger partial charge in [-0.15, -0.1) is 0 Å². The molecular weight excluding hydrogens is 949 g/mol. The predicted octanol–water partition coefficient (Wildman–Crippen LogP) is 11.5. The van der Waals surface area contributed by atoms with Gasteiger partial charge in [-0.05, 0) is 110 Å². The minimum Gasteiger partial charge on any atom is -0.497 e. The number of likely N-dealkylation sites (tertiary alicyclic amines) is 2. The quantitative estimate of drug-likeness (QED) is 0.106. The Bertz CT molecular complexity index is 2790. The van der Waals surface area contributed by atoms with Crippen molar-refractivity contribution >= 4 is 35.0 Å². The summed E-state index contributed by atoms with van der Waals surface area (Å²) in [4.78, 5) is 58.9. The SMILES string of the molecule is COc1ccc2c(c1)[C@@H]1[C@@H](CCN1C(=O)[C@H]1CCCC[C@H]1NC(=O)c1ccccc1)[C@@H](c1ccccc1)N2.COc1ccc2c(c1)[C@H]1[C@H](CCN1C(=O)[C@H]1CCCC[C@H]1NC(=O)c1ccccc1)[C@H](c1ccccc1)N2. The highest BCUT2D eigenvalue weighted by Gasteiger charge is 2.50. The molecule has 4 N–H and O–H groups in total. The van der Waals surface area contributed by atoms with Crippen LogP contribution in [0, 0.1) is 23.7 Å². The highest BCUT2D eigenvalue weighted by Crippen LogP contribution is 2.54. The second-order valence-electron chi connectivity index (χ2n) is 21.5. The summed E-state index contributed by atoms with van der Waals surface area (Å²) in [5, 5.41) is 14.0. The Morgan fingerprint density at radius 3 is 1.21 bits per heavy atom. The molecule has 6 aromatic rings. The number of carbonyl (C=O) groups is 4. The molecule has 0 aromatic heterocycles. The average molecular weight is 1020 g/mol. The zero-order valence-corrected chi connectivity index (χ0v) is 43.6. The molecule has 4 amide bonds. The van der Waals surface area contributed by atoms with Gasteiger partial charge in [0.1, 0.15) is 11.5 Å². The lowest BCUT2D eigenvalue weighted by molar-refractivity contribution is -0.139. The van der Waals surface area contributed by atoms with Crippen LogP contribution in [0.5, 0.6) is 11.5 Å². The minimum absolute atomic E-state index is 0.0357. The van der Waals surface area contributed by atoms with Gasteiger partial charge in [0.05, 0.1) is 50.2 Å². The average Bonchev–Trinajstić information content (AvgIpc) is 4.19. The summed E-state index contributed by atoms with van der Waals surface area (Å²) in [5.41, 5.74) is 8.09. The lowest BCUT2D eigenvalue weighted by Crippen LogP contribution is -2.50. The molecule has 10 atom stereocenters. The number of carbonyl (C=O) groups excluding carboxylic acids is 4. The van der Waals surface area contributed by atoms with E-state index in [0.717, 1.165) is 98.2 Å². The lowest BCUT2D eigenvalue weighted by Gasteiger charge is -2.42. The summed E-state index contributed by atoms with van der Waals surface area (Å²) >= 11 is 0. The van der Waals surface area contributed by atoms with Crippen LogP contribution in [0.3, 0.4) is 0 Å². The second kappa shape index (κ2) is 22.7. The third-order valence-corrected chi connectivity index (χ3v) is 17.3. The number of hydrogen-bond donors (Lipinski definition) is 4. The van der Waals surface area contributed by atoms with Crippen LogP contribution in [0.1, 0.15) is 131 Å². The first-order valence-corrected chi connectivity index (χ1v) is 27.6. The fourth-order valence-electron chi connectivity index (χ4n) is 13.5. The summed E-state index contributed by atoms with van der Waals surface area (Å²) in [5.74, 6) is 1.80. The van der Waals surface area contributed by atoms with E-state index in [1.807, 2.05) is 84.9 Å². The minimum atomic E-state index is -0.214. The first-order valence-electron chi connectivity index (χ1n) is 27.6. The van der Waals surface area contributed by atoms with E-state index in [9.17, 15) is 19.2 Å². The summed E-state index contributed by atoms with van der Waals surface area (Å²) < 4.78 is 11.2. The first kappa shape index (κ1) is 50.6. The van der Waals surface area contributed by atoms with Crippen molar-refractivity contribution in [2.24, 2.45) is 23.7 Å². The van der Waals surface area contributed by atoms with Gasteiger partial charge in [-0.2, -0.15) is 0 Å². The standard InChI is InChI=1S/2C32H35N3O3/c2*1-38-23-16-17-28-26(20-23)30-25(29(33-28)21-10-4-2-5-11-21)18-19-35(30)32(37)24-14-8-9-15-27(24)34-31(36)22-12-6-3-7-13-22/h2*2-7,10-13,16-17,20,24-25,27,29-30,33H,8-9,14-15,18-19H2,1H3,(H,34,36)/t24-,25+,27+,29-,30+;24-,25-,27+,29+,30-/m00/s1. The van der Waals surface area contributed by atoms with E-state index in [2.05, 4.69) is 104 Å². The largest absolute Gasteiger partial charge is 0.497 e. The van der Waals surface area contributed by atoms with Gasteiger partial charge >= 0.3 is 0 Å². The predicted molar refractivity (Wildman–Crippen MR) is 296 cm³/mol. The van der Waals surface area contributed by atoms with Crippen LogP contribution in [0.15, 0.2) is 158 Å². The van der Waals surface area contributed by atoms with Crippen molar-refractivity contribution in [1.29, 1.82) is 0 Å². The molecule has 0 bridgehead atoms. The van der Waals surface area contributed by atoms with Gasteiger partial charge < -0.3 is 40.5 Å². The van der Waals surface area contributed by atoms with Crippen molar-refractivity contribution in [3.8, 4) is 11.5 Å². The van der Waals surface area contributed by atoms with Gasteiger partial charge in [-0.3, -0.25) is 19.2 Å². The molecule has 6 aromatic carbocycles. The molecule has 2 aliphatic carbocycles. The molecule has 6 aliphatic rings. The van der Waals surface area contributed by atoms with Gasteiger partial charge in [-0.25, -0.2) is 0 Å². The smallest absolute Gasteiger partial charge is 0.251 e. The summed E-state index contributed by atoms with van der Waals surface area (Å²) in [7, 11) is 3.36. The summed E-state index contributed by atoms with van der Waals surface area (Å²) in [6.07, 6.45) is 9.18. The van der Waals surface area contributed by atoms with Gasteiger partial charge in [-0.1, -0.05) is 123 Å². The van der Waals surface area contributed by atoms with Crippen LogP contribution >= 0.6 is 0 Å². The molecule has 12 rings (SSSR count). The normalized spacial score (nSPS) is 26.0. The number of fused-ring (bicyclic) bond motifs is 6. The zero-order chi connectivity index (χ0) is 52.1. The van der Waals surface area contributed by atoms with E-state index in [4.69, 9.17) is 9.47 Å². The van der Waals surface area contributed by atoms with Crippen LogP contribution in [0.4, 0.5) is 11.4 Å². The topological polar surface area (TPSA) is 141 Å². The first-order chi connectivity index (χ1) is 37.3. The number of methoxy groups -OCH3 is 2. The molecular formula is C64H70N6O6. The maximum absolute atomic E-state index is 14.3. The Hall–Kier alpha value is -7.60. The molecule has 12 heteroatoms. The number of hydrogen-bond acceptors (Lipinski definition) is 8. The molecule has 392 valence electrons. The van der Waals surface area contributed by atoms with E-state index < -0.39 is 0 Å². The summed E-state index contributed by atoms with van der Waals surface area (Å²) in [6.45, 7) is 1.43. The number of ether oxygens (including phenoxy) is 2. The summed E-state index contributed by atoms with van der Waals surface area (Å²) in [6, 6.07) is 51.8. The highest BCUT2D eigenvalue weighted by atomic mass is 16.5. The second-order valence-corrected chi connectivity index (χ2v) is 21.5. The Kier molecular flexibility index (Phi) is 15.1. The number of amides is 4. The van der Waals surface area contributed by atoms with Crippen molar-refractivity contribution in [1.82, 2.24) is 20.4 Å². The molecule has 4 fully saturated rings. The molecule has 76 heavy (non-hydrogen) atoms. The Labute approximate surface area is 446 Å². The number of nitrogens with zero attached hydrogens (tertiary/aromatic N) is 2. The van der Waals surface area contributed by atoms with Crippen LogP contribution in [0.2, 0.25) is 0 Å². The van der Waals surface area contributed by atoms with Gasteiger partial charge in [0.2, 0.25) is 11.8 Å². The van der Waals surface area contributed by atoms with Crippen molar-refractivity contribution in [2.75, 3.05) is 37.9 Å². The maximum atomic E-state index is 14.3. The Balaban J connectivity index is 0.000000162. The maximum Gasteiger partial charge on any atom is 0.251 e.